The van der Waals surface area contributed by atoms with Crippen molar-refractivity contribution in [3.8, 4) is 5.75 Å². The summed E-state index contributed by atoms with van der Waals surface area (Å²) < 4.78 is 16.7. The number of phenols is 1. The highest BCUT2D eigenvalue weighted by molar-refractivity contribution is 6.03. The van der Waals surface area contributed by atoms with Gasteiger partial charge in [-0.15, -0.1) is 0 Å². The van der Waals surface area contributed by atoms with Gasteiger partial charge in [-0.3, -0.25) is 4.79 Å². The summed E-state index contributed by atoms with van der Waals surface area (Å²) in [5.74, 6) is -0.589. The number of carbonyl (C=O) groups excluding carboxylic acids is 2. The van der Waals surface area contributed by atoms with Gasteiger partial charge in [-0.05, 0) is 72.7 Å². The van der Waals surface area contributed by atoms with E-state index in [1.165, 1.54) is 18.2 Å². The number of hydrogen-bond donors (Lipinski definition) is 4. The number of aliphatic hydroxyl groups excluding tert-OH is 3. The summed E-state index contributed by atoms with van der Waals surface area (Å²) >= 11 is 0. The van der Waals surface area contributed by atoms with Crippen LogP contribution in [0.15, 0.2) is 36.4 Å². The lowest BCUT2D eigenvalue weighted by Gasteiger charge is -2.41. The van der Waals surface area contributed by atoms with E-state index in [2.05, 4.69) is 0 Å². The Labute approximate surface area is 221 Å². The Kier molecular flexibility index (Phi) is 8.64. The largest absolute Gasteiger partial charge is 0.508 e. The topological polar surface area (TPSA) is 143 Å². The number of phenolic OH excluding ortho intramolecular Hbond substituents is 1. The average molecular weight is 527 g/mol. The van der Waals surface area contributed by atoms with E-state index in [1.54, 1.807) is 12.1 Å². The van der Waals surface area contributed by atoms with Gasteiger partial charge in [0.05, 0.1) is 13.2 Å². The quantitative estimate of drug-likeness (QED) is 0.300. The van der Waals surface area contributed by atoms with E-state index in [4.69, 9.17) is 14.2 Å². The van der Waals surface area contributed by atoms with Gasteiger partial charge < -0.3 is 34.6 Å². The fourth-order valence-electron chi connectivity index (χ4n) is 5.20. The Bertz CT molecular complexity index is 1200. The molecule has 9 heteroatoms. The van der Waals surface area contributed by atoms with Crippen LogP contribution in [0, 0.1) is 19.8 Å². The molecule has 1 saturated heterocycles. The van der Waals surface area contributed by atoms with Gasteiger partial charge in [0.2, 0.25) is 0 Å². The summed E-state index contributed by atoms with van der Waals surface area (Å²) in [4.78, 5) is 24.9. The molecule has 2 aromatic rings. The zero-order valence-corrected chi connectivity index (χ0v) is 21.7. The first-order chi connectivity index (χ1) is 18.1. The number of aliphatic hydroxyl groups is 3. The Morgan fingerprint density at radius 3 is 2.55 bits per heavy atom. The molecule has 1 fully saturated rings. The standard InChI is InChI=1S/C29H34O9/c1-15-12-19-13-16(2)25(33)24(19)17(3)21(15)10-11-36-29-27(35)26(34)28(22(14-30)37-29)38-23(32)9-6-18-4-7-20(31)8-5-18/h4-9,12,16,22,26-31,34-35H,10-11,13-14H2,1-3H3/t16-,22-,26-,27-,28-,29-/m1/s1. The molecule has 204 valence electrons. The van der Waals surface area contributed by atoms with E-state index in [0.717, 1.165) is 40.3 Å². The van der Waals surface area contributed by atoms with Gasteiger partial charge in [0.25, 0.3) is 0 Å². The maximum Gasteiger partial charge on any atom is 0.331 e. The SMILES string of the molecule is Cc1cc2c(c(C)c1CCO[C@@H]1O[C@H](CO)[C@@H](OC(=O)C=Cc3ccc(O)cc3)[C@H](O)[C@H]1O)C(=O)[C@H](C)C2. The Morgan fingerprint density at radius 1 is 1.16 bits per heavy atom. The zero-order chi connectivity index (χ0) is 27.6. The fraction of sp³-hybridized carbons (Fsp3) is 0.448. The second-order valence-corrected chi connectivity index (χ2v) is 9.95. The molecule has 0 radical (unpaired) electrons. The number of aryl methyl sites for hydroxylation is 1. The van der Waals surface area contributed by atoms with Crippen molar-refractivity contribution in [1.82, 2.24) is 0 Å². The molecule has 4 N–H and O–H groups in total. The third kappa shape index (κ3) is 5.82. The first kappa shape index (κ1) is 27.9. The van der Waals surface area contributed by atoms with Gasteiger partial charge in [-0.2, -0.15) is 0 Å². The number of ether oxygens (including phenoxy) is 3. The molecule has 4 rings (SSSR count). The van der Waals surface area contributed by atoms with Crippen molar-refractivity contribution >= 4 is 17.8 Å². The molecule has 0 spiro atoms. The molecule has 2 aliphatic rings. The average Bonchev–Trinajstić information content (AvgIpc) is 3.17. The molecule has 2 aromatic carbocycles. The number of rotatable bonds is 8. The Morgan fingerprint density at radius 2 is 1.87 bits per heavy atom. The number of esters is 1. The summed E-state index contributed by atoms with van der Waals surface area (Å²) in [6.45, 7) is 5.41. The lowest BCUT2D eigenvalue weighted by molar-refractivity contribution is -0.302. The number of aromatic hydroxyl groups is 1. The number of benzene rings is 2. The van der Waals surface area contributed by atoms with Crippen LogP contribution in [0.25, 0.3) is 6.08 Å². The fourth-order valence-corrected chi connectivity index (χ4v) is 5.20. The number of fused-ring (bicyclic) bond motifs is 1. The minimum atomic E-state index is -1.56. The highest BCUT2D eigenvalue weighted by Crippen LogP contribution is 2.33. The highest BCUT2D eigenvalue weighted by Gasteiger charge is 2.47. The molecule has 9 nitrogen and oxygen atoms in total. The summed E-state index contributed by atoms with van der Waals surface area (Å²) in [7, 11) is 0. The van der Waals surface area contributed by atoms with E-state index in [0.29, 0.717) is 12.0 Å². The van der Waals surface area contributed by atoms with Gasteiger partial charge in [-0.1, -0.05) is 25.1 Å². The van der Waals surface area contributed by atoms with Gasteiger partial charge >= 0.3 is 5.97 Å². The summed E-state index contributed by atoms with van der Waals surface area (Å²) in [6.07, 6.45) is -2.97. The van der Waals surface area contributed by atoms with Crippen LogP contribution in [-0.2, 0) is 31.8 Å². The maximum absolute atomic E-state index is 12.6. The molecule has 6 atom stereocenters. The normalized spacial score (nSPS) is 27.1. The zero-order valence-electron chi connectivity index (χ0n) is 21.7. The van der Waals surface area contributed by atoms with Crippen LogP contribution in [0.4, 0.5) is 0 Å². The van der Waals surface area contributed by atoms with Crippen molar-refractivity contribution in [2.24, 2.45) is 5.92 Å². The lowest BCUT2D eigenvalue weighted by atomic mass is 9.92. The summed E-state index contributed by atoms with van der Waals surface area (Å²) in [5.41, 5.74) is 5.47. The molecule has 1 aliphatic carbocycles. The molecular formula is C29H34O9. The number of carbonyl (C=O) groups is 2. The monoisotopic (exact) mass is 526 g/mol. The smallest absolute Gasteiger partial charge is 0.331 e. The molecule has 0 amide bonds. The number of ketones is 1. The van der Waals surface area contributed by atoms with Crippen LogP contribution in [0.2, 0.25) is 0 Å². The first-order valence-electron chi connectivity index (χ1n) is 12.7. The van der Waals surface area contributed by atoms with Crippen molar-refractivity contribution in [3.63, 3.8) is 0 Å². The summed E-state index contributed by atoms with van der Waals surface area (Å²) in [5, 5.41) is 40.4. The van der Waals surface area contributed by atoms with Gasteiger partial charge in [0.15, 0.2) is 18.2 Å². The highest BCUT2D eigenvalue weighted by atomic mass is 16.7. The van der Waals surface area contributed by atoms with E-state index in [9.17, 15) is 30.0 Å². The Hall–Kier alpha value is -3.08. The van der Waals surface area contributed by atoms with E-state index in [-0.39, 0.29) is 24.1 Å². The van der Waals surface area contributed by atoms with Crippen molar-refractivity contribution in [2.45, 2.75) is 64.3 Å². The minimum absolute atomic E-state index is 0.0253. The molecule has 0 bridgehead atoms. The lowest BCUT2D eigenvalue weighted by Crippen LogP contribution is -2.60. The first-order valence-corrected chi connectivity index (χ1v) is 12.7. The second kappa shape index (κ2) is 11.8. The molecule has 0 unspecified atom stereocenters. The van der Waals surface area contributed by atoms with Crippen LogP contribution in [0.1, 0.15) is 45.1 Å². The predicted octanol–water partition coefficient (Wildman–Crippen LogP) is 2.01. The third-order valence-corrected chi connectivity index (χ3v) is 7.25. The molecule has 0 aromatic heterocycles. The third-order valence-electron chi connectivity index (χ3n) is 7.25. The second-order valence-electron chi connectivity index (χ2n) is 9.95. The molecule has 38 heavy (non-hydrogen) atoms. The van der Waals surface area contributed by atoms with Gasteiger partial charge in [0, 0.05) is 17.6 Å². The van der Waals surface area contributed by atoms with Crippen LogP contribution >= 0.6 is 0 Å². The predicted molar refractivity (Wildman–Crippen MR) is 138 cm³/mol. The van der Waals surface area contributed by atoms with Crippen LogP contribution in [-0.4, -0.2) is 76.1 Å². The maximum atomic E-state index is 12.6. The van der Waals surface area contributed by atoms with E-state index < -0.39 is 43.3 Å². The van der Waals surface area contributed by atoms with Crippen LogP contribution < -0.4 is 0 Å². The molecule has 1 aliphatic heterocycles. The van der Waals surface area contributed by atoms with Gasteiger partial charge in [0.1, 0.15) is 24.1 Å². The van der Waals surface area contributed by atoms with Crippen LogP contribution in [0.3, 0.4) is 0 Å². The summed E-state index contributed by atoms with van der Waals surface area (Å²) in [6, 6.07) is 8.18. The van der Waals surface area contributed by atoms with Crippen LogP contribution in [0.5, 0.6) is 5.75 Å². The van der Waals surface area contributed by atoms with Crippen molar-refractivity contribution in [1.29, 1.82) is 0 Å². The van der Waals surface area contributed by atoms with E-state index in [1.807, 2.05) is 26.8 Å². The van der Waals surface area contributed by atoms with Crippen molar-refractivity contribution in [3.05, 3.63) is 69.8 Å². The van der Waals surface area contributed by atoms with Crippen molar-refractivity contribution < 1.29 is 44.2 Å². The minimum Gasteiger partial charge on any atom is -0.508 e. The molecule has 1 heterocycles. The molecular weight excluding hydrogens is 492 g/mol. The van der Waals surface area contributed by atoms with Crippen molar-refractivity contribution in [2.75, 3.05) is 13.2 Å². The van der Waals surface area contributed by atoms with E-state index >= 15 is 0 Å². The number of hydrogen-bond acceptors (Lipinski definition) is 9. The molecule has 0 saturated carbocycles. The number of Topliss-reactive ketones (excluding diaryl/α,β-unsaturated/α-hetero) is 1. The van der Waals surface area contributed by atoms with Gasteiger partial charge in [-0.25, -0.2) is 4.79 Å². The Balaban J connectivity index is 1.36.